The van der Waals surface area contributed by atoms with Crippen LogP contribution in [-0.2, 0) is 0 Å². The highest BCUT2D eigenvalue weighted by atomic mass is 35.5. The first-order valence-electron chi connectivity index (χ1n) is 7.36. The summed E-state index contributed by atoms with van der Waals surface area (Å²) in [5.74, 6) is 0.349. The third kappa shape index (κ3) is 2.58. The van der Waals surface area contributed by atoms with Crippen LogP contribution in [0.3, 0.4) is 0 Å². The minimum Gasteiger partial charge on any atom is -0.506 e. The third-order valence-corrected chi connectivity index (χ3v) is 4.33. The molecule has 25 heavy (non-hydrogen) atoms. The van der Waals surface area contributed by atoms with Crippen molar-refractivity contribution in [3.05, 3.63) is 64.9 Å². The van der Waals surface area contributed by atoms with Crippen LogP contribution < -0.4 is 0 Å². The summed E-state index contributed by atoms with van der Waals surface area (Å²) in [7, 11) is 0. The summed E-state index contributed by atoms with van der Waals surface area (Å²) in [5, 5.41) is 21.0. The van der Waals surface area contributed by atoms with Gasteiger partial charge in [-0.05, 0) is 36.4 Å². The number of halogens is 2. The molecular weight excluding hydrogens is 361 g/mol. The van der Waals surface area contributed by atoms with E-state index in [0.29, 0.717) is 27.8 Å². The average Bonchev–Trinajstić information content (AvgIpc) is 2.98. The predicted molar refractivity (Wildman–Crippen MR) is 97.2 cm³/mol. The Bertz CT molecular complexity index is 1110. The fraction of sp³-hybridized carbons (Fsp3) is 0. The molecule has 3 heterocycles. The van der Waals surface area contributed by atoms with Gasteiger partial charge < -0.3 is 10.2 Å². The summed E-state index contributed by atoms with van der Waals surface area (Å²) in [5.41, 5.74) is 1.96. The zero-order chi connectivity index (χ0) is 17.6. The van der Waals surface area contributed by atoms with Gasteiger partial charge in [0.25, 0.3) is 0 Å². The van der Waals surface area contributed by atoms with Crippen molar-refractivity contribution in [3.63, 3.8) is 0 Å². The molecule has 4 aromatic rings. The van der Waals surface area contributed by atoms with Crippen molar-refractivity contribution in [1.82, 2.24) is 14.4 Å². The molecule has 124 valence electrons. The van der Waals surface area contributed by atoms with Gasteiger partial charge in [0.2, 0.25) is 0 Å². The van der Waals surface area contributed by atoms with E-state index in [0.717, 1.165) is 5.52 Å². The van der Waals surface area contributed by atoms with Crippen molar-refractivity contribution in [1.29, 1.82) is 0 Å². The number of aromatic nitrogens is 3. The van der Waals surface area contributed by atoms with Crippen molar-refractivity contribution in [2.75, 3.05) is 0 Å². The van der Waals surface area contributed by atoms with Crippen molar-refractivity contribution in [2.45, 2.75) is 0 Å². The topological polar surface area (TPSA) is 70.7 Å². The summed E-state index contributed by atoms with van der Waals surface area (Å²) < 4.78 is 1.78. The van der Waals surface area contributed by atoms with E-state index in [-0.39, 0.29) is 16.5 Å². The maximum absolute atomic E-state index is 10.4. The number of pyridine rings is 2. The molecular formula is C18H11Cl2N3O2. The van der Waals surface area contributed by atoms with Gasteiger partial charge in [0.15, 0.2) is 0 Å². The highest BCUT2D eigenvalue weighted by molar-refractivity contribution is 6.36. The highest BCUT2D eigenvalue weighted by Gasteiger charge is 2.20. The molecule has 0 unspecified atom stereocenters. The zero-order valence-corrected chi connectivity index (χ0v) is 14.2. The standard InChI is InChI=1S/C18H11Cl2N3O2/c19-10-8-11(17(25)12(20)9-10)18-22-15(13-4-1-2-7-23(13)18)16-14(24)5-3-6-21-16/h1-9,24-25H. The largest absolute Gasteiger partial charge is 0.506 e. The number of nitrogens with zero attached hydrogens (tertiary/aromatic N) is 3. The number of benzene rings is 1. The lowest BCUT2D eigenvalue weighted by atomic mass is 10.2. The Morgan fingerprint density at radius 1 is 0.960 bits per heavy atom. The second-order valence-electron chi connectivity index (χ2n) is 5.39. The van der Waals surface area contributed by atoms with Crippen LogP contribution in [0, 0.1) is 0 Å². The number of phenols is 1. The summed E-state index contributed by atoms with van der Waals surface area (Å²) >= 11 is 12.1. The van der Waals surface area contributed by atoms with E-state index in [2.05, 4.69) is 9.97 Å². The third-order valence-electron chi connectivity index (χ3n) is 3.83. The minimum atomic E-state index is -0.112. The first-order chi connectivity index (χ1) is 12.1. The maximum Gasteiger partial charge on any atom is 0.149 e. The predicted octanol–water partition coefficient (Wildman–Crippen LogP) is 4.78. The summed E-state index contributed by atoms with van der Waals surface area (Å²) in [6, 6.07) is 11.8. The van der Waals surface area contributed by atoms with Crippen LogP contribution in [-0.4, -0.2) is 24.6 Å². The Labute approximate surface area is 152 Å². The van der Waals surface area contributed by atoms with E-state index in [1.807, 2.05) is 18.2 Å². The van der Waals surface area contributed by atoms with E-state index in [1.165, 1.54) is 6.07 Å². The molecule has 0 fully saturated rings. The quantitative estimate of drug-likeness (QED) is 0.531. The average molecular weight is 372 g/mol. The SMILES string of the molecule is Oc1cccnc1-c1nc(-c2cc(Cl)cc(Cl)c2O)n2ccccc12. The number of rotatable bonds is 2. The molecule has 0 aliphatic carbocycles. The van der Waals surface area contributed by atoms with E-state index in [4.69, 9.17) is 23.2 Å². The molecule has 4 rings (SSSR count). The van der Waals surface area contributed by atoms with E-state index >= 15 is 0 Å². The molecule has 7 heteroatoms. The summed E-state index contributed by atoms with van der Waals surface area (Å²) in [6.45, 7) is 0. The number of hydrogen-bond acceptors (Lipinski definition) is 4. The van der Waals surface area contributed by atoms with Crippen molar-refractivity contribution in [3.8, 4) is 34.3 Å². The summed E-state index contributed by atoms with van der Waals surface area (Å²) in [6.07, 6.45) is 3.38. The monoisotopic (exact) mass is 371 g/mol. The number of hydrogen-bond donors (Lipinski definition) is 2. The molecule has 0 bridgehead atoms. The molecule has 0 atom stereocenters. The molecule has 2 N–H and O–H groups in total. The number of aromatic hydroxyl groups is 2. The molecule has 3 aromatic heterocycles. The smallest absolute Gasteiger partial charge is 0.149 e. The number of fused-ring (bicyclic) bond motifs is 1. The van der Waals surface area contributed by atoms with Crippen molar-refractivity contribution >= 4 is 28.7 Å². The Balaban J connectivity index is 2.07. The molecule has 1 aromatic carbocycles. The molecule has 0 amide bonds. The van der Waals surface area contributed by atoms with Gasteiger partial charge in [0.1, 0.15) is 28.7 Å². The second kappa shape index (κ2) is 5.95. The van der Waals surface area contributed by atoms with Crippen LogP contribution in [0.1, 0.15) is 0 Å². The van der Waals surface area contributed by atoms with Crippen LogP contribution in [0.5, 0.6) is 11.5 Å². The fourth-order valence-electron chi connectivity index (χ4n) is 2.72. The zero-order valence-electron chi connectivity index (χ0n) is 12.7. The number of imidazole rings is 1. The molecule has 0 aliphatic rings. The van der Waals surface area contributed by atoms with E-state index < -0.39 is 0 Å². The van der Waals surface area contributed by atoms with Crippen LogP contribution in [0.15, 0.2) is 54.9 Å². The highest BCUT2D eigenvalue weighted by Crippen LogP contribution is 2.40. The molecule has 0 spiro atoms. The van der Waals surface area contributed by atoms with Crippen molar-refractivity contribution < 1.29 is 10.2 Å². The van der Waals surface area contributed by atoms with E-state index in [1.54, 1.807) is 35.0 Å². The Kier molecular flexibility index (Phi) is 3.75. The first kappa shape index (κ1) is 15.7. The second-order valence-corrected chi connectivity index (χ2v) is 6.24. The van der Waals surface area contributed by atoms with Crippen LogP contribution in [0.4, 0.5) is 0 Å². The number of phenolic OH excluding ortho intramolecular Hbond substituents is 1. The van der Waals surface area contributed by atoms with Gasteiger partial charge in [0.05, 0.1) is 16.1 Å². The molecule has 0 radical (unpaired) electrons. The Morgan fingerprint density at radius 3 is 2.60 bits per heavy atom. The Morgan fingerprint density at radius 2 is 1.80 bits per heavy atom. The van der Waals surface area contributed by atoms with Gasteiger partial charge >= 0.3 is 0 Å². The van der Waals surface area contributed by atoms with E-state index in [9.17, 15) is 10.2 Å². The van der Waals surface area contributed by atoms with Gasteiger partial charge in [-0.25, -0.2) is 4.98 Å². The van der Waals surface area contributed by atoms with Gasteiger partial charge in [-0.3, -0.25) is 9.38 Å². The lowest BCUT2D eigenvalue weighted by Gasteiger charge is -2.06. The molecule has 0 aliphatic heterocycles. The first-order valence-corrected chi connectivity index (χ1v) is 8.11. The Hall–Kier alpha value is -2.76. The van der Waals surface area contributed by atoms with Crippen LogP contribution >= 0.6 is 23.2 Å². The lowest BCUT2D eigenvalue weighted by Crippen LogP contribution is -1.89. The normalized spacial score (nSPS) is 11.1. The van der Waals surface area contributed by atoms with Crippen LogP contribution in [0.25, 0.3) is 28.3 Å². The maximum atomic E-state index is 10.4. The van der Waals surface area contributed by atoms with Gasteiger partial charge in [-0.15, -0.1) is 0 Å². The van der Waals surface area contributed by atoms with Gasteiger partial charge in [-0.1, -0.05) is 29.3 Å². The van der Waals surface area contributed by atoms with Gasteiger partial charge in [0, 0.05) is 17.4 Å². The minimum absolute atomic E-state index is 0.0197. The molecule has 0 saturated carbocycles. The van der Waals surface area contributed by atoms with Crippen LogP contribution in [0.2, 0.25) is 10.0 Å². The molecule has 0 saturated heterocycles. The lowest BCUT2D eigenvalue weighted by molar-refractivity contribution is 0.475. The molecule has 5 nitrogen and oxygen atoms in total. The van der Waals surface area contributed by atoms with Crippen molar-refractivity contribution in [2.24, 2.45) is 0 Å². The fourth-order valence-corrected chi connectivity index (χ4v) is 3.21. The van der Waals surface area contributed by atoms with Gasteiger partial charge in [-0.2, -0.15) is 0 Å². The summed E-state index contributed by atoms with van der Waals surface area (Å²) in [4.78, 5) is 8.82.